The molecule has 0 aromatic carbocycles. The second-order valence-electron chi connectivity index (χ2n) is 4.31. The van der Waals surface area contributed by atoms with Gasteiger partial charge in [-0.3, -0.25) is 0 Å². The van der Waals surface area contributed by atoms with Crippen LogP contribution in [0, 0.1) is 0 Å². The molecule has 0 aliphatic heterocycles. The quantitative estimate of drug-likeness (QED) is 0.153. The van der Waals surface area contributed by atoms with Crippen LogP contribution in [0.15, 0.2) is 25.3 Å². The topological polar surface area (TPSA) is 0 Å². The first-order valence-electron chi connectivity index (χ1n) is 6.36. The van der Waals surface area contributed by atoms with Gasteiger partial charge in [-0.05, 0) is 0 Å². The van der Waals surface area contributed by atoms with Crippen molar-refractivity contribution in [3.8, 4) is 0 Å². The zero-order chi connectivity index (χ0) is 16.3. The van der Waals surface area contributed by atoms with E-state index >= 15 is 0 Å². The average molecular weight is 718 g/mol. The molecule has 3 atom stereocenters. The molecular formula is C12H23B4I4-. The zero-order valence-corrected chi connectivity index (χ0v) is 21.5. The molecule has 0 aliphatic rings. The van der Waals surface area contributed by atoms with Gasteiger partial charge < -0.3 is 0 Å². The zero-order valence-electron chi connectivity index (χ0n) is 12.8. The first-order chi connectivity index (χ1) is 9.20. The van der Waals surface area contributed by atoms with Gasteiger partial charge in [-0.25, -0.2) is 0 Å². The number of alkyl halides is 5. The van der Waals surface area contributed by atoms with E-state index in [1.54, 1.807) is 0 Å². The average Bonchev–Trinajstić information content (AvgIpc) is 2.44. The minimum atomic E-state index is -0.903. The summed E-state index contributed by atoms with van der Waals surface area (Å²) >= 11 is 3.95. The summed E-state index contributed by atoms with van der Waals surface area (Å²) in [5.41, 5.74) is 0. The Morgan fingerprint density at radius 2 is 1.85 bits per heavy atom. The molecular weight excluding hydrogens is 695 g/mol. The number of allylic oxidation sites excluding steroid dienone is 2. The van der Waals surface area contributed by atoms with Crippen molar-refractivity contribution in [2.24, 2.45) is 0 Å². The molecule has 0 bridgehead atoms. The van der Waals surface area contributed by atoms with Gasteiger partial charge in [0.05, 0.1) is 0 Å². The first-order valence-corrected chi connectivity index (χ1v) is 16.3. The van der Waals surface area contributed by atoms with Crippen LogP contribution in [0.3, 0.4) is 0 Å². The van der Waals surface area contributed by atoms with Crippen molar-refractivity contribution >= 4 is 89.2 Å². The summed E-state index contributed by atoms with van der Waals surface area (Å²) in [6, 6.07) is 0. The Kier molecular flexibility index (Phi) is 18.9. The number of hydrogen-bond donors (Lipinski definition) is 0. The summed E-state index contributed by atoms with van der Waals surface area (Å²) in [7, 11) is 11.8. The van der Waals surface area contributed by atoms with Gasteiger partial charge in [-0.15, -0.1) is 0 Å². The van der Waals surface area contributed by atoms with Crippen LogP contribution in [-0.2, 0) is 0 Å². The van der Waals surface area contributed by atoms with Crippen LogP contribution in [0.5, 0.6) is 0 Å². The van der Waals surface area contributed by atoms with E-state index in [1.807, 2.05) is 12.2 Å². The summed E-state index contributed by atoms with van der Waals surface area (Å²) < 4.78 is 3.94. The molecule has 8 heteroatoms. The van der Waals surface area contributed by atoms with Crippen LogP contribution < -0.4 is 21.2 Å². The molecule has 0 aromatic heterocycles. The van der Waals surface area contributed by atoms with Gasteiger partial charge in [-0.2, -0.15) is 0 Å². The van der Waals surface area contributed by atoms with Gasteiger partial charge in [0.15, 0.2) is 0 Å². The molecule has 0 fully saturated rings. The second kappa shape index (κ2) is 15.2. The van der Waals surface area contributed by atoms with E-state index in [1.165, 1.54) is 0 Å². The molecule has 0 amide bonds. The normalized spacial score (nSPS) is 15.2. The van der Waals surface area contributed by atoms with Crippen LogP contribution >= 0.6 is 64.6 Å². The molecule has 3 unspecified atom stereocenters. The fourth-order valence-electron chi connectivity index (χ4n) is 0.869. The van der Waals surface area contributed by atoms with Crippen molar-refractivity contribution in [2.45, 2.75) is 32.2 Å². The Balaban J connectivity index is 0. The van der Waals surface area contributed by atoms with Crippen molar-refractivity contribution in [1.29, 1.82) is 0 Å². The first kappa shape index (κ1) is 24.9. The minimum absolute atomic E-state index is 0.111. The van der Waals surface area contributed by atoms with Crippen LogP contribution in [0.4, 0.5) is 0 Å². The summed E-state index contributed by atoms with van der Waals surface area (Å²) in [4.78, 5) is 2.33. The van der Waals surface area contributed by atoms with Crippen LogP contribution in [0.25, 0.3) is 0 Å². The standard InChI is InChI=1S/C6H12B2I2.C6H11B2I2/c1-4-6(2)10(3)8(7)5-9;1-4-5(2)10-6(7)8(3)9/h4,6H,1,5H2,2-3H3;4-6H,1H2,2-3H3/q;-1. The van der Waals surface area contributed by atoms with Crippen molar-refractivity contribution in [3.05, 3.63) is 25.3 Å². The van der Waals surface area contributed by atoms with E-state index in [0.29, 0.717) is 20.6 Å². The monoisotopic (exact) mass is 719 g/mol. The van der Waals surface area contributed by atoms with E-state index in [4.69, 9.17) is 15.6 Å². The molecule has 0 spiro atoms. The molecule has 0 N–H and O–H groups in total. The molecule has 20 heavy (non-hydrogen) atoms. The number of rotatable bonds is 8. The van der Waals surface area contributed by atoms with E-state index in [2.05, 4.69) is 83.7 Å². The van der Waals surface area contributed by atoms with Gasteiger partial charge >= 0.3 is 177 Å². The second-order valence-corrected chi connectivity index (χ2v) is 18.1. The summed E-state index contributed by atoms with van der Waals surface area (Å²) in [5.74, 6) is 0. The van der Waals surface area contributed by atoms with Gasteiger partial charge in [0.25, 0.3) is 0 Å². The van der Waals surface area contributed by atoms with Gasteiger partial charge in [0, 0.05) is 0 Å². The Morgan fingerprint density at radius 3 is 2.15 bits per heavy atom. The van der Waals surface area contributed by atoms with Gasteiger partial charge in [0.1, 0.15) is 0 Å². The maximum atomic E-state index is 5.91. The fraction of sp³-hybridized carbons (Fsp3) is 0.667. The predicted octanol–water partition coefficient (Wildman–Crippen LogP) is 1.07. The third-order valence-electron chi connectivity index (χ3n) is 2.57. The van der Waals surface area contributed by atoms with Crippen molar-refractivity contribution in [3.63, 3.8) is 0 Å². The van der Waals surface area contributed by atoms with Crippen molar-refractivity contribution in [2.75, 3.05) is 9.26 Å². The predicted molar refractivity (Wildman–Crippen MR) is 125 cm³/mol. The van der Waals surface area contributed by atoms with E-state index in [-0.39, 0.29) is 21.2 Å². The number of hydrogen-bond acceptors (Lipinski definition) is 0. The molecule has 0 aromatic rings. The summed E-state index contributed by atoms with van der Waals surface area (Å²) in [6.45, 7) is 14.1. The SMILES string of the molecule is [B]B(CI)I(C)C(C)C=C.[B]C([I-]C(C)C=C)B(C)I. The molecule has 0 nitrogen and oxygen atoms in total. The van der Waals surface area contributed by atoms with E-state index < -0.39 is 19.6 Å². The molecule has 0 heterocycles. The van der Waals surface area contributed by atoms with Crippen LogP contribution in [-0.4, -0.2) is 45.4 Å². The van der Waals surface area contributed by atoms with E-state index in [0.717, 1.165) is 4.33 Å². The Bertz CT molecular complexity index is 266. The molecule has 4 radical (unpaired) electrons. The van der Waals surface area contributed by atoms with Crippen molar-refractivity contribution < 1.29 is 21.2 Å². The van der Waals surface area contributed by atoms with Crippen LogP contribution in [0.2, 0.25) is 6.82 Å². The summed E-state index contributed by atoms with van der Waals surface area (Å²) in [6.07, 6.45) is 4.04. The summed E-state index contributed by atoms with van der Waals surface area (Å²) in [5, 5.41) is 0. The number of halogens is 4. The fourth-order valence-corrected chi connectivity index (χ4v) is 10.4. The Hall–Kier alpha value is 2.66. The van der Waals surface area contributed by atoms with Crippen LogP contribution in [0.1, 0.15) is 13.8 Å². The molecule has 0 saturated carbocycles. The molecule has 0 rings (SSSR count). The van der Waals surface area contributed by atoms with E-state index in [9.17, 15) is 0 Å². The molecule has 0 aliphatic carbocycles. The maximum absolute atomic E-state index is 5.91. The third kappa shape index (κ3) is 13.1. The Morgan fingerprint density at radius 1 is 1.35 bits per heavy atom. The molecule has 0 saturated heterocycles. The Labute approximate surface area is 174 Å². The molecule has 112 valence electrons. The van der Waals surface area contributed by atoms with Gasteiger partial charge in [-0.1, -0.05) is 0 Å². The van der Waals surface area contributed by atoms with Gasteiger partial charge in [0.2, 0.25) is 0 Å². The van der Waals surface area contributed by atoms with Crippen molar-refractivity contribution in [1.82, 2.24) is 0 Å². The third-order valence-corrected chi connectivity index (χ3v) is 17.5.